The molecule has 25 heavy (non-hydrogen) atoms. The fourth-order valence-electron chi connectivity index (χ4n) is 3.43. The Balaban J connectivity index is 1.86. The van der Waals surface area contributed by atoms with E-state index in [9.17, 15) is 4.79 Å². The highest BCUT2D eigenvalue weighted by Crippen LogP contribution is 2.39. The lowest BCUT2D eigenvalue weighted by Gasteiger charge is -2.17. The summed E-state index contributed by atoms with van der Waals surface area (Å²) in [7, 11) is 0. The second-order valence-electron chi connectivity index (χ2n) is 5.94. The van der Waals surface area contributed by atoms with Crippen molar-refractivity contribution in [1.29, 1.82) is 0 Å². The maximum Gasteiger partial charge on any atom is 0.268 e. The van der Waals surface area contributed by atoms with E-state index in [0.29, 0.717) is 12.2 Å². The molecule has 0 aliphatic carbocycles. The van der Waals surface area contributed by atoms with Gasteiger partial charge in [-0.25, -0.2) is 9.97 Å². The maximum absolute atomic E-state index is 12.6. The SMILES string of the molecule is O=C1NCCn2cc(-c3ncnc4sccc34)c(-c3ccccc3)c21. The van der Waals surface area contributed by atoms with Gasteiger partial charge in [-0.05, 0) is 17.0 Å². The number of hydrogen-bond acceptors (Lipinski definition) is 4. The molecule has 1 aromatic carbocycles. The van der Waals surface area contributed by atoms with Gasteiger partial charge in [-0.1, -0.05) is 30.3 Å². The molecule has 0 spiro atoms. The predicted molar refractivity (Wildman–Crippen MR) is 98.6 cm³/mol. The molecule has 1 N–H and O–H groups in total. The number of carbonyl (C=O) groups excluding carboxylic acids is 1. The highest BCUT2D eigenvalue weighted by Gasteiger charge is 2.27. The third kappa shape index (κ3) is 2.18. The van der Waals surface area contributed by atoms with Gasteiger partial charge in [0.1, 0.15) is 16.9 Å². The number of amides is 1. The first kappa shape index (κ1) is 14.4. The Kier molecular flexibility index (Phi) is 3.18. The van der Waals surface area contributed by atoms with Crippen LogP contribution in [-0.4, -0.2) is 27.0 Å². The quantitative estimate of drug-likeness (QED) is 0.604. The number of carbonyl (C=O) groups is 1. The third-order valence-corrected chi connectivity index (χ3v) is 5.33. The average molecular weight is 346 g/mol. The summed E-state index contributed by atoms with van der Waals surface area (Å²) in [6.07, 6.45) is 3.65. The minimum absolute atomic E-state index is 0.0352. The largest absolute Gasteiger partial charge is 0.349 e. The van der Waals surface area contributed by atoms with E-state index in [1.807, 2.05) is 46.3 Å². The van der Waals surface area contributed by atoms with Crippen LogP contribution < -0.4 is 5.32 Å². The molecule has 6 heteroatoms. The molecule has 0 saturated carbocycles. The lowest BCUT2D eigenvalue weighted by Crippen LogP contribution is -2.35. The predicted octanol–water partition coefficient (Wildman–Crippen LogP) is 3.57. The summed E-state index contributed by atoms with van der Waals surface area (Å²) in [6.45, 7) is 1.41. The lowest BCUT2D eigenvalue weighted by atomic mass is 9.98. The number of nitrogens with zero attached hydrogens (tertiary/aromatic N) is 3. The van der Waals surface area contributed by atoms with Gasteiger partial charge < -0.3 is 9.88 Å². The molecule has 0 radical (unpaired) electrons. The van der Waals surface area contributed by atoms with Crippen molar-refractivity contribution in [1.82, 2.24) is 19.9 Å². The molecule has 0 unspecified atom stereocenters. The fourth-order valence-corrected chi connectivity index (χ4v) is 4.16. The minimum Gasteiger partial charge on any atom is -0.349 e. The van der Waals surface area contributed by atoms with Gasteiger partial charge in [-0.2, -0.15) is 0 Å². The monoisotopic (exact) mass is 346 g/mol. The Labute approximate surface area is 148 Å². The Bertz CT molecular complexity index is 1100. The van der Waals surface area contributed by atoms with E-state index < -0.39 is 0 Å². The number of thiophene rings is 1. The van der Waals surface area contributed by atoms with E-state index in [2.05, 4.69) is 21.5 Å². The standard InChI is InChI=1S/C19H14N4OS/c24-18-17-15(12-4-2-1-3-5-12)14(10-23(17)8-7-20-18)16-13-6-9-25-19(13)22-11-21-16/h1-6,9-11H,7-8H2,(H,20,24). The number of nitrogens with one attached hydrogen (secondary N) is 1. The maximum atomic E-state index is 12.6. The lowest BCUT2D eigenvalue weighted by molar-refractivity contribution is 0.0929. The second kappa shape index (κ2) is 5.53. The molecule has 1 aliphatic rings. The summed E-state index contributed by atoms with van der Waals surface area (Å²) in [5.74, 6) is -0.0352. The second-order valence-corrected chi connectivity index (χ2v) is 6.84. The van der Waals surface area contributed by atoms with Crippen LogP contribution in [0.3, 0.4) is 0 Å². The van der Waals surface area contributed by atoms with Crippen molar-refractivity contribution in [3.05, 3.63) is 60.0 Å². The molecule has 0 saturated heterocycles. The number of hydrogen-bond donors (Lipinski definition) is 1. The van der Waals surface area contributed by atoms with E-state index >= 15 is 0 Å². The van der Waals surface area contributed by atoms with Crippen LogP contribution in [0.15, 0.2) is 54.3 Å². The summed E-state index contributed by atoms with van der Waals surface area (Å²) >= 11 is 1.60. The molecule has 4 heterocycles. The molecule has 5 nitrogen and oxygen atoms in total. The molecular formula is C19H14N4OS. The van der Waals surface area contributed by atoms with Crippen molar-refractivity contribution in [2.24, 2.45) is 0 Å². The van der Waals surface area contributed by atoms with E-state index in [4.69, 9.17) is 0 Å². The zero-order chi connectivity index (χ0) is 16.8. The van der Waals surface area contributed by atoms with Gasteiger partial charge in [0.15, 0.2) is 0 Å². The third-order valence-electron chi connectivity index (χ3n) is 4.51. The van der Waals surface area contributed by atoms with Crippen LogP contribution in [0, 0.1) is 0 Å². The number of fused-ring (bicyclic) bond motifs is 2. The Morgan fingerprint density at radius 2 is 2.00 bits per heavy atom. The van der Waals surface area contributed by atoms with Gasteiger partial charge in [0, 0.05) is 35.8 Å². The van der Waals surface area contributed by atoms with Gasteiger partial charge in [0.05, 0.1) is 5.69 Å². The highest BCUT2D eigenvalue weighted by molar-refractivity contribution is 7.16. The van der Waals surface area contributed by atoms with Crippen LogP contribution in [0.1, 0.15) is 10.5 Å². The van der Waals surface area contributed by atoms with Crippen molar-refractivity contribution in [2.45, 2.75) is 6.54 Å². The number of rotatable bonds is 2. The van der Waals surface area contributed by atoms with Gasteiger partial charge >= 0.3 is 0 Å². The molecule has 1 aliphatic heterocycles. The Morgan fingerprint density at radius 3 is 2.88 bits per heavy atom. The molecule has 4 aromatic rings. The topological polar surface area (TPSA) is 59.8 Å². The summed E-state index contributed by atoms with van der Waals surface area (Å²) in [6, 6.07) is 12.1. The summed E-state index contributed by atoms with van der Waals surface area (Å²) in [5.41, 5.74) is 4.51. The van der Waals surface area contributed by atoms with Gasteiger partial charge in [0.2, 0.25) is 0 Å². The molecule has 122 valence electrons. The highest BCUT2D eigenvalue weighted by atomic mass is 32.1. The average Bonchev–Trinajstić information content (AvgIpc) is 3.27. The minimum atomic E-state index is -0.0352. The van der Waals surface area contributed by atoms with E-state index in [1.54, 1.807) is 17.7 Å². The van der Waals surface area contributed by atoms with Crippen LogP contribution >= 0.6 is 11.3 Å². The summed E-state index contributed by atoms with van der Waals surface area (Å²) < 4.78 is 2.04. The van der Waals surface area contributed by atoms with Gasteiger partial charge in [-0.15, -0.1) is 11.3 Å². The summed E-state index contributed by atoms with van der Waals surface area (Å²) in [5, 5.41) is 6.00. The van der Waals surface area contributed by atoms with Crippen molar-refractivity contribution in [2.75, 3.05) is 6.54 Å². The van der Waals surface area contributed by atoms with Gasteiger partial charge in [-0.3, -0.25) is 4.79 Å². The first-order valence-corrected chi connectivity index (χ1v) is 8.96. The van der Waals surface area contributed by atoms with Crippen LogP contribution in [0.25, 0.3) is 32.6 Å². The van der Waals surface area contributed by atoms with Crippen LogP contribution in [0.5, 0.6) is 0 Å². The van der Waals surface area contributed by atoms with Crippen molar-refractivity contribution >= 4 is 27.5 Å². The molecule has 1 amide bonds. The van der Waals surface area contributed by atoms with Crippen molar-refractivity contribution < 1.29 is 4.79 Å². The normalized spacial score (nSPS) is 13.7. The fraction of sp³-hybridized carbons (Fsp3) is 0.105. The molecular weight excluding hydrogens is 332 g/mol. The van der Waals surface area contributed by atoms with E-state index in [-0.39, 0.29) is 5.91 Å². The molecule has 5 rings (SSSR count). The number of aromatic nitrogens is 3. The Morgan fingerprint density at radius 1 is 1.12 bits per heavy atom. The van der Waals surface area contributed by atoms with Crippen LogP contribution in [0.4, 0.5) is 0 Å². The smallest absolute Gasteiger partial charge is 0.268 e. The zero-order valence-electron chi connectivity index (χ0n) is 13.3. The molecule has 0 atom stereocenters. The van der Waals surface area contributed by atoms with E-state index in [1.165, 1.54) is 0 Å². The first-order chi connectivity index (χ1) is 12.3. The van der Waals surface area contributed by atoms with Gasteiger partial charge in [0.25, 0.3) is 5.91 Å². The van der Waals surface area contributed by atoms with E-state index in [0.717, 1.165) is 39.1 Å². The summed E-state index contributed by atoms with van der Waals surface area (Å²) in [4.78, 5) is 22.4. The number of benzene rings is 1. The molecule has 0 bridgehead atoms. The van der Waals surface area contributed by atoms with Crippen molar-refractivity contribution in [3.63, 3.8) is 0 Å². The first-order valence-electron chi connectivity index (χ1n) is 8.08. The zero-order valence-corrected chi connectivity index (χ0v) is 14.1. The Hall–Kier alpha value is -2.99. The van der Waals surface area contributed by atoms with Crippen LogP contribution in [-0.2, 0) is 6.54 Å². The molecule has 3 aromatic heterocycles. The van der Waals surface area contributed by atoms with Crippen molar-refractivity contribution in [3.8, 4) is 22.4 Å². The molecule has 0 fully saturated rings. The van der Waals surface area contributed by atoms with Crippen LogP contribution in [0.2, 0.25) is 0 Å².